The number of nitrogens with zero attached hydrogens (tertiary/aromatic N) is 2. The first-order valence-corrected chi connectivity index (χ1v) is 14.6. The molecule has 0 spiro atoms. The molecule has 1 aromatic heterocycles. The van der Waals surface area contributed by atoms with Gasteiger partial charge in [0.05, 0.1) is 28.5 Å². The van der Waals surface area contributed by atoms with E-state index in [4.69, 9.17) is 9.73 Å². The van der Waals surface area contributed by atoms with E-state index in [1.165, 1.54) is 22.5 Å². The Morgan fingerprint density at radius 1 is 0.925 bits per heavy atom. The molecule has 0 amide bonds. The van der Waals surface area contributed by atoms with Gasteiger partial charge in [-0.15, -0.1) is 0 Å². The zero-order valence-electron chi connectivity index (χ0n) is 23.5. The molecule has 0 N–H and O–H groups in total. The van der Waals surface area contributed by atoms with Crippen molar-refractivity contribution in [3.63, 3.8) is 0 Å². The summed E-state index contributed by atoms with van der Waals surface area (Å²) < 4.78 is 7.78. The molecular weight excluding hydrogens is 516 g/mol. The number of benzene rings is 3. The van der Waals surface area contributed by atoms with Crippen LogP contribution < -0.4 is 14.9 Å². The fourth-order valence-electron chi connectivity index (χ4n) is 4.95. The minimum absolute atomic E-state index is 0.177. The monoisotopic (exact) mass is 550 g/mol. The van der Waals surface area contributed by atoms with Crippen molar-refractivity contribution < 1.29 is 9.53 Å². The molecule has 2 heterocycles. The Kier molecular flexibility index (Phi) is 7.99. The van der Waals surface area contributed by atoms with Crippen LogP contribution in [0.5, 0.6) is 0 Å². The van der Waals surface area contributed by atoms with Gasteiger partial charge in [-0.25, -0.2) is 9.79 Å². The average Bonchev–Trinajstić information content (AvgIpc) is 3.27. The van der Waals surface area contributed by atoms with Gasteiger partial charge in [-0.1, -0.05) is 118 Å². The second-order valence-corrected chi connectivity index (χ2v) is 11.6. The SMILES string of the molecule is CCOC(=O)C1=C(c2ccccc2)N=c2s/c(=C\c3ccc(C(C)C)cc3)c(=O)n2[C@@H]1c1ccc(C(C)C)cc1. The van der Waals surface area contributed by atoms with E-state index >= 15 is 0 Å². The molecule has 0 saturated carbocycles. The minimum atomic E-state index is -0.669. The van der Waals surface area contributed by atoms with Crippen LogP contribution in [0.2, 0.25) is 0 Å². The van der Waals surface area contributed by atoms with Gasteiger partial charge in [0.15, 0.2) is 4.80 Å². The number of hydrogen-bond acceptors (Lipinski definition) is 5. The molecule has 1 aliphatic heterocycles. The molecule has 5 nitrogen and oxygen atoms in total. The molecule has 6 heteroatoms. The number of esters is 1. The number of ether oxygens (including phenoxy) is 1. The van der Waals surface area contributed by atoms with E-state index in [0.717, 1.165) is 16.7 Å². The summed E-state index contributed by atoms with van der Waals surface area (Å²) in [6, 6.07) is 25.4. The van der Waals surface area contributed by atoms with E-state index in [-0.39, 0.29) is 12.2 Å². The van der Waals surface area contributed by atoms with Crippen molar-refractivity contribution in [1.29, 1.82) is 0 Å². The highest BCUT2D eigenvalue weighted by Gasteiger charge is 2.35. The Labute approximate surface area is 238 Å². The lowest BCUT2D eigenvalue weighted by atomic mass is 9.91. The maximum Gasteiger partial charge on any atom is 0.338 e. The lowest BCUT2D eigenvalue weighted by molar-refractivity contribution is -0.138. The van der Waals surface area contributed by atoms with Gasteiger partial charge in [-0.3, -0.25) is 9.36 Å². The number of aromatic nitrogens is 1. The van der Waals surface area contributed by atoms with Crippen molar-refractivity contribution in [3.8, 4) is 0 Å². The van der Waals surface area contributed by atoms with Crippen molar-refractivity contribution in [2.75, 3.05) is 6.61 Å². The number of fused-ring (bicyclic) bond motifs is 1. The van der Waals surface area contributed by atoms with Crippen molar-refractivity contribution in [2.45, 2.75) is 52.5 Å². The summed E-state index contributed by atoms with van der Waals surface area (Å²) in [6.45, 7) is 10.6. The number of rotatable bonds is 7. The molecule has 0 unspecified atom stereocenters. The van der Waals surface area contributed by atoms with Crippen LogP contribution in [0.25, 0.3) is 11.8 Å². The maximum atomic E-state index is 14.0. The zero-order chi connectivity index (χ0) is 28.4. The standard InChI is InChI=1S/C34H34N2O3S/c1-6-39-33(38)29-30(26-10-8-7-9-11-26)35-34-36(31(29)27-18-16-25(17-19-27)22(4)5)32(37)28(40-34)20-23-12-14-24(15-13-23)21(2)3/h7-22,31H,6H2,1-5H3/b28-20-/t31-/m1/s1. The Hall–Kier alpha value is -4.03. The van der Waals surface area contributed by atoms with Gasteiger partial charge in [0.25, 0.3) is 5.56 Å². The molecule has 0 radical (unpaired) electrons. The molecule has 1 aliphatic rings. The Balaban J connectivity index is 1.77. The summed E-state index contributed by atoms with van der Waals surface area (Å²) in [5, 5.41) is 0. The molecule has 40 heavy (non-hydrogen) atoms. The third-order valence-electron chi connectivity index (χ3n) is 7.19. The van der Waals surface area contributed by atoms with Crippen molar-refractivity contribution in [2.24, 2.45) is 4.99 Å². The summed E-state index contributed by atoms with van der Waals surface area (Å²) in [6.07, 6.45) is 1.91. The van der Waals surface area contributed by atoms with Crippen molar-refractivity contribution in [1.82, 2.24) is 4.57 Å². The van der Waals surface area contributed by atoms with Crippen LogP contribution in [0.1, 0.15) is 80.3 Å². The molecule has 1 atom stereocenters. The van der Waals surface area contributed by atoms with E-state index < -0.39 is 12.0 Å². The van der Waals surface area contributed by atoms with Crippen LogP contribution in [0, 0.1) is 0 Å². The smallest absolute Gasteiger partial charge is 0.338 e. The normalized spacial score (nSPS) is 15.4. The lowest BCUT2D eigenvalue weighted by Crippen LogP contribution is -2.40. The van der Waals surface area contributed by atoms with E-state index in [2.05, 4.69) is 52.0 Å². The quantitative estimate of drug-likeness (QED) is 0.258. The number of carbonyl (C=O) groups excluding carboxylic acids is 1. The van der Waals surface area contributed by atoms with E-state index in [1.807, 2.05) is 60.7 Å². The zero-order valence-corrected chi connectivity index (χ0v) is 24.4. The molecule has 0 saturated heterocycles. The second kappa shape index (κ2) is 11.6. The largest absolute Gasteiger partial charge is 0.463 e. The molecule has 3 aromatic carbocycles. The van der Waals surface area contributed by atoms with Gasteiger partial charge in [0.1, 0.15) is 0 Å². The summed E-state index contributed by atoms with van der Waals surface area (Å²) in [5.41, 5.74) is 5.74. The summed E-state index contributed by atoms with van der Waals surface area (Å²) in [5.74, 6) is 0.318. The van der Waals surface area contributed by atoms with Gasteiger partial charge >= 0.3 is 5.97 Å². The molecule has 5 rings (SSSR count). The molecule has 204 valence electrons. The summed E-state index contributed by atoms with van der Waals surface area (Å²) in [4.78, 5) is 33.1. The highest BCUT2D eigenvalue weighted by Crippen LogP contribution is 2.35. The van der Waals surface area contributed by atoms with Crippen LogP contribution in [-0.2, 0) is 9.53 Å². The number of carbonyl (C=O) groups is 1. The van der Waals surface area contributed by atoms with Crippen LogP contribution in [0.3, 0.4) is 0 Å². The maximum absolute atomic E-state index is 14.0. The van der Waals surface area contributed by atoms with Crippen LogP contribution in [-0.4, -0.2) is 17.1 Å². The topological polar surface area (TPSA) is 60.7 Å². The minimum Gasteiger partial charge on any atom is -0.463 e. The first-order valence-electron chi connectivity index (χ1n) is 13.8. The fourth-order valence-corrected chi connectivity index (χ4v) is 5.95. The average molecular weight is 551 g/mol. The third kappa shape index (κ3) is 5.36. The number of hydrogen-bond donors (Lipinski definition) is 0. The third-order valence-corrected chi connectivity index (χ3v) is 8.18. The first kappa shape index (κ1) is 27.5. The molecule has 4 aromatic rings. The Morgan fingerprint density at radius 3 is 2.10 bits per heavy atom. The van der Waals surface area contributed by atoms with E-state index in [0.29, 0.717) is 32.4 Å². The van der Waals surface area contributed by atoms with Gasteiger partial charge in [-0.05, 0) is 47.1 Å². The van der Waals surface area contributed by atoms with E-state index in [1.54, 1.807) is 11.5 Å². The predicted octanol–water partition coefficient (Wildman–Crippen LogP) is 6.18. The van der Waals surface area contributed by atoms with Crippen molar-refractivity contribution in [3.05, 3.63) is 132 Å². The summed E-state index contributed by atoms with van der Waals surface area (Å²) in [7, 11) is 0. The fraction of sp³-hybridized carbons (Fsp3) is 0.265. The Bertz CT molecular complexity index is 1730. The Morgan fingerprint density at radius 2 is 1.52 bits per heavy atom. The molecule has 0 aliphatic carbocycles. The van der Waals surface area contributed by atoms with Crippen LogP contribution in [0.4, 0.5) is 0 Å². The molecule has 0 bridgehead atoms. The van der Waals surface area contributed by atoms with Gasteiger partial charge in [-0.2, -0.15) is 0 Å². The summed E-state index contributed by atoms with van der Waals surface area (Å²) >= 11 is 1.34. The van der Waals surface area contributed by atoms with Gasteiger partial charge in [0.2, 0.25) is 0 Å². The van der Waals surface area contributed by atoms with Gasteiger partial charge < -0.3 is 4.74 Å². The lowest BCUT2D eigenvalue weighted by Gasteiger charge is -2.26. The number of thiazole rings is 1. The molecular formula is C34H34N2O3S. The molecule has 0 fully saturated rings. The first-order chi connectivity index (χ1) is 19.3. The second-order valence-electron chi connectivity index (χ2n) is 10.6. The van der Waals surface area contributed by atoms with Crippen LogP contribution in [0.15, 0.2) is 94.2 Å². The van der Waals surface area contributed by atoms with E-state index in [9.17, 15) is 9.59 Å². The van der Waals surface area contributed by atoms with Crippen molar-refractivity contribution >= 4 is 29.1 Å². The van der Waals surface area contributed by atoms with Gasteiger partial charge in [0, 0.05) is 5.56 Å². The highest BCUT2D eigenvalue weighted by molar-refractivity contribution is 7.07. The van der Waals surface area contributed by atoms with Crippen LogP contribution >= 0.6 is 11.3 Å². The highest BCUT2D eigenvalue weighted by atomic mass is 32.1. The predicted molar refractivity (Wildman–Crippen MR) is 162 cm³/mol.